The fourth-order valence-corrected chi connectivity index (χ4v) is 2.26. The van der Waals surface area contributed by atoms with Gasteiger partial charge in [-0.15, -0.1) is 0 Å². The lowest BCUT2D eigenvalue weighted by molar-refractivity contribution is -0.485. The van der Waals surface area contributed by atoms with Crippen LogP contribution in [0.5, 0.6) is 0 Å². The molecule has 0 aliphatic heterocycles. The molecule has 0 N–H and O–H groups in total. The molecule has 0 bridgehead atoms. The second-order valence-electron chi connectivity index (χ2n) is 7.17. The summed E-state index contributed by atoms with van der Waals surface area (Å²) in [6, 6.07) is 0. The maximum atomic E-state index is 13.5. The largest absolute Gasteiger partial charge is 0.438 e. The van der Waals surface area contributed by atoms with Crippen LogP contribution < -0.4 is 0 Å². The van der Waals surface area contributed by atoms with E-state index in [1.54, 1.807) is 0 Å². The zero-order chi connectivity index (χ0) is 33.6. The van der Waals surface area contributed by atoms with Gasteiger partial charge >= 0.3 is 77.7 Å². The number of halogens is 27. The highest BCUT2D eigenvalue weighted by Gasteiger charge is 3.00. The molecule has 27 heteroatoms. The maximum Gasteiger partial charge on any atom is 0.438 e. The summed E-state index contributed by atoms with van der Waals surface area (Å²) < 4.78 is 349. The van der Waals surface area contributed by atoms with Crippen molar-refractivity contribution in [1.82, 2.24) is 0 Å². The molecule has 0 saturated heterocycles. The first-order valence-electron chi connectivity index (χ1n) is 8.20. The van der Waals surface area contributed by atoms with Gasteiger partial charge in [-0.2, -0.15) is 105 Å². The van der Waals surface area contributed by atoms with Crippen LogP contribution >= 0.6 is 0 Å². The van der Waals surface area contributed by atoms with Crippen molar-refractivity contribution < 1.29 is 119 Å². The summed E-state index contributed by atoms with van der Waals surface area (Å²) in [5.74, 6) is -84.1. The van der Waals surface area contributed by atoms with Crippen molar-refractivity contribution >= 4 is 0 Å². The van der Waals surface area contributed by atoms with Gasteiger partial charge in [0, 0.05) is 0 Å². The average molecular weight is 670 g/mol. The summed E-state index contributed by atoms with van der Waals surface area (Å²) in [5.41, 5.74) is -9.19. The molecule has 0 atom stereocenters. The van der Waals surface area contributed by atoms with Gasteiger partial charge in [0.1, 0.15) is 0 Å². The first-order valence-corrected chi connectivity index (χ1v) is 8.20. The number of alkyl halides is 27. The van der Waals surface area contributed by atoms with E-state index in [0.717, 1.165) is 0 Å². The minimum absolute atomic E-state index is 6.34. The molecule has 0 saturated carbocycles. The lowest BCUT2D eigenvalue weighted by Crippen LogP contribution is -2.79. The van der Waals surface area contributed by atoms with Crippen LogP contribution in [0.25, 0.3) is 0 Å². The smallest absolute Gasteiger partial charge is 0.216 e. The van der Waals surface area contributed by atoms with Crippen molar-refractivity contribution in [1.29, 1.82) is 0 Å². The van der Waals surface area contributed by atoms with Gasteiger partial charge in [-0.25, -0.2) is 13.2 Å². The summed E-state index contributed by atoms with van der Waals surface area (Å²) in [5, 5.41) is 0. The van der Waals surface area contributed by atoms with Crippen LogP contribution in [0.2, 0.25) is 0 Å². The summed E-state index contributed by atoms with van der Waals surface area (Å²) in [6.07, 6.45) is -23.7. The third kappa shape index (κ3) is 4.19. The Balaban J connectivity index is 7.49. The van der Waals surface area contributed by atoms with Crippen molar-refractivity contribution in [3.8, 4) is 0 Å². The number of hydrogen-bond acceptors (Lipinski definition) is 0. The van der Waals surface area contributed by atoms with E-state index in [0.29, 0.717) is 0 Å². The standard InChI is InChI=1S/C13HF27/c14-1(15)2(16,17)4(19,20)6(23,24)8(27,28)10(31,32)11(33,34)9(29,30)7(25,26)5(21,22)3(18,12(35,36)37)13(38,39)40/h1H. The number of rotatable bonds is 10. The van der Waals surface area contributed by atoms with Gasteiger partial charge < -0.3 is 0 Å². The van der Waals surface area contributed by atoms with E-state index in [-0.39, 0.29) is 0 Å². The summed E-state index contributed by atoms with van der Waals surface area (Å²) in [4.78, 5) is 0. The van der Waals surface area contributed by atoms with E-state index in [1.165, 1.54) is 0 Å². The first-order chi connectivity index (χ1) is 16.7. The second-order valence-corrected chi connectivity index (χ2v) is 7.17. The Labute approximate surface area is 198 Å². The normalized spacial score (nSPS) is 17.1. The molecule has 242 valence electrons. The SMILES string of the molecule is FC(F)C(F)(F)C(F)(F)C(F)(F)C(F)(F)C(F)(F)C(F)(F)C(F)(F)C(F)(F)C(F)(F)C(F)(C(F)(F)F)C(F)(F)F. The Hall–Kier alpha value is -1.89. The lowest BCUT2D eigenvalue weighted by atomic mass is 9.82. The van der Waals surface area contributed by atoms with E-state index in [2.05, 4.69) is 0 Å². The quantitative estimate of drug-likeness (QED) is 0.204. The van der Waals surface area contributed by atoms with E-state index in [9.17, 15) is 119 Å². The van der Waals surface area contributed by atoms with Crippen LogP contribution in [0.15, 0.2) is 0 Å². The van der Waals surface area contributed by atoms with Crippen LogP contribution in [0, 0.1) is 0 Å². The molecule has 0 unspecified atom stereocenters. The highest BCUT2D eigenvalue weighted by molar-refractivity contribution is 5.21. The van der Waals surface area contributed by atoms with Crippen molar-refractivity contribution in [3.63, 3.8) is 0 Å². The van der Waals surface area contributed by atoms with Crippen LogP contribution in [0.3, 0.4) is 0 Å². The Kier molecular flexibility index (Phi) is 8.63. The molecule has 0 nitrogen and oxygen atoms in total. The summed E-state index contributed by atoms with van der Waals surface area (Å²) in [6.45, 7) is 0. The summed E-state index contributed by atoms with van der Waals surface area (Å²) >= 11 is 0. The van der Waals surface area contributed by atoms with Gasteiger partial charge in [-0.3, -0.25) is 0 Å². The molecule has 0 rings (SSSR count). The number of hydrogen-bond donors (Lipinski definition) is 0. The van der Waals surface area contributed by atoms with Gasteiger partial charge in [0.05, 0.1) is 0 Å². The van der Waals surface area contributed by atoms with Crippen LogP contribution in [-0.4, -0.2) is 77.7 Å². The highest BCUT2D eigenvalue weighted by atomic mass is 19.4. The monoisotopic (exact) mass is 670 g/mol. The third-order valence-corrected chi connectivity index (χ3v) is 4.67. The molecule has 0 fully saturated rings. The van der Waals surface area contributed by atoms with E-state index in [1.807, 2.05) is 0 Å². The molecule has 0 aromatic heterocycles. The van der Waals surface area contributed by atoms with E-state index in [4.69, 9.17) is 0 Å². The molecule has 0 aromatic rings. The van der Waals surface area contributed by atoms with Gasteiger partial charge in [0.15, 0.2) is 0 Å². The van der Waals surface area contributed by atoms with Gasteiger partial charge in [-0.05, 0) is 0 Å². The predicted octanol–water partition coefficient (Wildman–Crippen LogP) is 8.80. The maximum absolute atomic E-state index is 13.5. The third-order valence-electron chi connectivity index (χ3n) is 4.67. The van der Waals surface area contributed by atoms with E-state index < -0.39 is 77.7 Å². The summed E-state index contributed by atoms with van der Waals surface area (Å²) in [7, 11) is 0. The molecular formula is C13HF27. The Morgan fingerprint density at radius 3 is 0.600 bits per heavy atom. The Bertz CT molecular complexity index is 898. The van der Waals surface area contributed by atoms with Crippen molar-refractivity contribution in [3.05, 3.63) is 0 Å². The Morgan fingerprint density at radius 1 is 0.250 bits per heavy atom. The van der Waals surface area contributed by atoms with Crippen molar-refractivity contribution in [2.24, 2.45) is 0 Å². The fraction of sp³-hybridized carbons (Fsp3) is 1.00. The molecule has 0 aliphatic rings. The highest BCUT2D eigenvalue weighted by Crippen LogP contribution is 2.68. The van der Waals surface area contributed by atoms with Crippen LogP contribution in [0.1, 0.15) is 0 Å². The average Bonchev–Trinajstić information content (AvgIpc) is 2.69. The van der Waals surface area contributed by atoms with E-state index >= 15 is 0 Å². The molecule has 0 radical (unpaired) electrons. The lowest BCUT2D eigenvalue weighted by Gasteiger charge is -2.46. The predicted molar refractivity (Wildman–Crippen MR) is 66.5 cm³/mol. The fourth-order valence-electron chi connectivity index (χ4n) is 2.26. The molecule has 0 spiro atoms. The van der Waals surface area contributed by atoms with Gasteiger partial charge in [-0.1, -0.05) is 0 Å². The van der Waals surface area contributed by atoms with Crippen LogP contribution in [0.4, 0.5) is 119 Å². The topological polar surface area (TPSA) is 0 Å². The Morgan fingerprint density at radius 2 is 0.425 bits per heavy atom. The minimum atomic E-state index is -9.78. The molecular weight excluding hydrogens is 669 g/mol. The van der Waals surface area contributed by atoms with Crippen LogP contribution in [-0.2, 0) is 0 Å². The minimum Gasteiger partial charge on any atom is -0.216 e. The zero-order valence-corrected chi connectivity index (χ0v) is 16.8. The zero-order valence-electron chi connectivity index (χ0n) is 16.8. The second kappa shape index (κ2) is 9.05. The van der Waals surface area contributed by atoms with Gasteiger partial charge in [0.25, 0.3) is 0 Å². The molecule has 40 heavy (non-hydrogen) atoms. The molecule has 0 aliphatic carbocycles. The van der Waals surface area contributed by atoms with Crippen molar-refractivity contribution in [2.75, 3.05) is 0 Å². The molecule has 0 heterocycles. The molecule has 0 aromatic carbocycles. The van der Waals surface area contributed by atoms with Crippen molar-refractivity contribution in [2.45, 2.75) is 77.7 Å². The van der Waals surface area contributed by atoms with Gasteiger partial charge in [0.2, 0.25) is 0 Å². The first kappa shape index (κ1) is 38.1. The molecule has 0 amide bonds.